The minimum atomic E-state index is -0.492. The second-order valence-corrected chi connectivity index (χ2v) is 10.3. The van der Waals surface area contributed by atoms with Crippen LogP contribution in [0.25, 0.3) is 6.08 Å². The topological polar surface area (TPSA) is 96.5 Å². The normalized spacial score (nSPS) is 11.0. The Balaban J connectivity index is 1.43. The lowest BCUT2D eigenvalue weighted by Crippen LogP contribution is -2.30. The number of carbonyl (C=O) groups is 3. The highest BCUT2D eigenvalue weighted by molar-refractivity contribution is 8.00. The van der Waals surface area contributed by atoms with Gasteiger partial charge in [0.25, 0.3) is 11.8 Å². The van der Waals surface area contributed by atoms with E-state index in [1.54, 1.807) is 61.7 Å². The lowest BCUT2D eigenvalue weighted by Gasteiger charge is -2.13. The van der Waals surface area contributed by atoms with Crippen molar-refractivity contribution in [2.24, 2.45) is 0 Å². The number of hydrogen-bond donors (Lipinski definition) is 3. The van der Waals surface area contributed by atoms with E-state index < -0.39 is 11.8 Å². The zero-order valence-corrected chi connectivity index (χ0v) is 23.9. The molecule has 208 valence electrons. The van der Waals surface area contributed by atoms with Crippen molar-refractivity contribution in [2.45, 2.75) is 18.7 Å². The molecule has 41 heavy (non-hydrogen) atoms. The monoisotopic (exact) mass is 565 g/mol. The molecule has 4 aromatic rings. The standard InChI is InChI=1S/C33H31N3O4S/c1-22-10-9-11-23(2)31(22)36-30(37)21-41-27-18-16-26(17-19-27)34-33(39)28(20-25-14-7-8-15-29(25)40-3)35-32(38)24-12-5-4-6-13-24/h4-20H,21H2,1-3H3,(H,34,39)(H,35,38)(H,36,37)/b28-20-. The van der Waals surface area contributed by atoms with Gasteiger partial charge in [-0.2, -0.15) is 0 Å². The number of methoxy groups -OCH3 is 1. The molecule has 0 aliphatic carbocycles. The summed E-state index contributed by atoms with van der Waals surface area (Å²) < 4.78 is 5.41. The Hall–Kier alpha value is -4.82. The number of anilines is 2. The predicted octanol–water partition coefficient (Wildman–Crippen LogP) is 6.45. The molecule has 8 heteroatoms. The number of carbonyl (C=O) groups excluding carboxylic acids is 3. The number of thioether (sulfide) groups is 1. The molecular weight excluding hydrogens is 534 g/mol. The number of amides is 3. The minimum Gasteiger partial charge on any atom is -0.496 e. The molecule has 0 atom stereocenters. The third kappa shape index (κ3) is 8.09. The van der Waals surface area contributed by atoms with E-state index in [0.717, 1.165) is 21.7 Å². The van der Waals surface area contributed by atoms with Crippen LogP contribution in [0.4, 0.5) is 11.4 Å². The molecule has 0 aliphatic rings. The largest absolute Gasteiger partial charge is 0.496 e. The maximum Gasteiger partial charge on any atom is 0.272 e. The van der Waals surface area contributed by atoms with Crippen LogP contribution < -0.4 is 20.7 Å². The van der Waals surface area contributed by atoms with Gasteiger partial charge in [-0.25, -0.2) is 0 Å². The molecule has 4 rings (SSSR count). The number of benzene rings is 4. The van der Waals surface area contributed by atoms with Crippen LogP contribution in [0, 0.1) is 13.8 Å². The molecule has 7 nitrogen and oxygen atoms in total. The van der Waals surface area contributed by atoms with Crippen molar-refractivity contribution in [3.8, 4) is 5.75 Å². The molecule has 3 N–H and O–H groups in total. The van der Waals surface area contributed by atoms with Crippen LogP contribution in [-0.2, 0) is 9.59 Å². The first-order valence-electron chi connectivity index (χ1n) is 13.0. The second kappa shape index (κ2) is 14.0. The van der Waals surface area contributed by atoms with Crippen LogP contribution in [0.2, 0.25) is 0 Å². The third-order valence-corrected chi connectivity index (χ3v) is 7.21. The first-order chi connectivity index (χ1) is 19.8. The highest BCUT2D eigenvalue weighted by atomic mass is 32.2. The maximum absolute atomic E-state index is 13.3. The fourth-order valence-corrected chi connectivity index (χ4v) is 4.75. The Kier molecular flexibility index (Phi) is 9.96. The van der Waals surface area contributed by atoms with Crippen LogP contribution in [0.15, 0.2) is 108 Å². The summed E-state index contributed by atoms with van der Waals surface area (Å²) in [6.45, 7) is 3.93. The average molecular weight is 566 g/mol. The van der Waals surface area contributed by atoms with Crippen LogP contribution >= 0.6 is 11.8 Å². The fourth-order valence-electron chi connectivity index (χ4n) is 4.05. The molecule has 0 aliphatic heterocycles. The van der Waals surface area contributed by atoms with Gasteiger partial charge in [0.1, 0.15) is 11.4 Å². The molecule has 0 saturated heterocycles. The Labute approximate surface area is 244 Å². The van der Waals surface area contributed by atoms with E-state index in [4.69, 9.17) is 4.74 Å². The van der Waals surface area contributed by atoms with Gasteiger partial charge in [0, 0.05) is 27.4 Å². The summed E-state index contributed by atoms with van der Waals surface area (Å²) >= 11 is 1.40. The summed E-state index contributed by atoms with van der Waals surface area (Å²) in [6, 6.07) is 29.0. The van der Waals surface area contributed by atoms with E-state index in [1.807, 2.05) is 62.4 Å². The summed E-state index contributed by atoms with van der Waals surface area (Å²) in [5.74, 6) is -0.183. The zero-order chi connectivity index (χ0) is 29.2. The van der Waals surface area contributed by atoms with Gasteiger partial charge in [-0.3, -0.25) is 14.4 Å². The Morgan fingerprint density at radius 3 is 2.12 bits per heavy atom. The molecule has 0 saturated carbocycles. The summed E-state index contributed by atoms with van der Waals surface area (Å²) in [5.41, 5.74) is 4.54. The van der Waals surface area contributed by atoms with Crippen LogP contribution in [-0.4, -0.2) is 30.6 Å². The molecule has 0 heterocycles. The van der Waals surface area contributed by atoms with Crippen molar-refractivity contribution in [1.82, 2.24) is 5.32 Å². The van der Waals surface area contributed by atoms with Crippen molar-refractivity contribution in [3.63, 3.8) is 0 Å². The molecule has 3 amide bonds. The van der Waals surface area contributed by atoms with Gasteiger partial charge in [-0.05, 0) is 73.5 Å². The smallest absolute Gasteiger partial charge is 0.272 e. The summed E-state index contributed by atoms with van der Waals surface area (Å²) in [4.78, 5) is 39.6. The van der Waals surface area contributed by atoms with Gasteiger partial charge in [-0.15, -0.1) is 11.8 Å². The van der Waals surface area contributed by atoms with Crippen molar-refractivity contribution < 1.29 is 19.1 Å². The molecule has 0 aromatic heterocycles. The molecule has 0 bridgehead atoms. The molecule has 0 radical (unpaired) electrons. The van der Waals surface area contributed by atoms with Gasteiger partial charge in [0.15, 0.2) is 0 Å². The highest BCUT2D eigenvalue weighted by Crippen LogP contribution is 2.24. The van der Waals surface area contributed by atoms with Crippen LogP contribution in [0.3, 0.4) is 0 Å². The number of nitrogens with one attached hydrogen (secondary N) is 3. The van der Waals surface area contributed by atoms with E-state index in [1.165, 1.54) is 11.8 Å². The van der Waals surface area contributed by atoms with Crippen LogP contribution in [0.1, 0.15) is 27.0 Å². The number of aryl methyl sites for hydroxylation is 2. The first-order valence-corrected chi connectivity index (χ1v) is 13.9. The van der Waals surface area contributed by atoms with E-state index in [0.29, 0.717) is 22.6 Å². The number of hydrogen-bond acceptors (Lipinski definition) is 5. The van der Waals surface area contributed by atoms with E-state index in [2.05, 4.69) is 16.0 Å². The van der Waals surface area contributed by atoms with Crippen molar-refractivity contribution in [2.75, 3.05) is 23.5 Å². The molecule has 0 unspecified atom stereocenters. The van der Waals surface area contributed by atoms with E-state index in [9.17, 15) is 14.4 Å². The van der Waals surface area contributed by atoms with E-state index >= 15 is 0 Å². The zero-order valence-electron chi connectivity index (χ0n) is 23.1. The van der Waals surface area contributed by atoms with Gasteiger partial charge >= 0.3 is 0 Å². The maximum atomic E-state index is 13.3. The SMILES string of the molecule is COc1ccccc1/C=C(\NC(=O)c1ccccc1)C(=O)Nc1ccc(SCC(=O)Nc2c(C)cccc2C)cc1. The van der Waals surface area contributed by atoms with E-state index in [-0.39, 0.29) is 17.4 Å². The van der Waals surface area contributed by atoms with Crippen molar-refractivity contribution >= 4 is 46.9 Å². The van der Waals surface area contributed by atoms with Crippen molar-refractivity contribution in [3.05, 3.63) is 125 Å². The van der Waals surface area contributed by atoms with Crippen LogP contribution in [0.5, 0.6) is 5.75 Å². The first kappa shape index (κ1) is 29.2. The lowest BCUT2D eigenvalue weighted by molar-refractivity contribution is -0.114. The summed E-state index contributed by atoms with van der Waals surface area (Å²) in [6.07, 6.45) is 1.58. The molecule has 4 aromatic carbocycles. The minimum absolute atomic E-state index is 0.0602. The Morgan fingerprint density at radius 2 is 1.44 bits per heavy atom. The van der Waals surface area contributed by atoms with Crippen molar-refractivity contribution in [1.29, 1.82) is 0 Å². The number of ether oxygens (including phenoxy) is 1. The quantitative estimate of drug-likeness (QED) is 0.152. The van der Waals surface area contributed by atoms with Gasteiger partial charge in [-0.1, -0.05) is 54.6 Å². The number of rotatable bonds is 10. The third-order valence-electron chi connectivity index (χ3n) is 6.20. The fraction of sp³-hybridized carbons (Fsp3) is 0.121. The summed E-state index contributed by atoms with van der Waals surface area (Å²) in [5, 5.41) is 8.56. The summed E-state index contributed by atoms with van der Waals surface area (Å²) in [7, 11) is 1.54. The molecule has 0 fully saturated rings. The highest BCUT2D eigenvalue weighted by Gasteiger charge is 2.16. The van der Waals surface area contributed by atoms with Gasteiger partial charge < -0.3 is 20.7 Å². The second-order valence-electron chi connectivity index (χ2n) is 9.20. The van der Waals surface area contributed by atoms with Gasteiger partial charge in [0.2, 0.25) is 5.91 Å². The Morgan fingerprint density at radius 1 is 0.780 bits per heavy atom. The van der Waals surface area contributed by atoms with Gasteiger partial charge in [0.05, 0.1) is 12.9 Å². The molecular formula is C33H31N3O4S. The lowest BCUT2D eigenvalue weighted by atomic mass is 10.1. The average Bonchev–Trinajstić information content (AvgIpc) is 2.99. The molecule has 0 spiro atoms. The number of para-hydroxylation sites is 2. The predicted molar refractivity (Wildman–Crippen MR) is 165 cm³/mol. The Bertz CT molecular complexity index is 1550.